The van der Waals surface area contributed by atoms with Gasteiger partial charge in [-0.05, 0) is 30.1 Å². The number of H-pyrrole nitrogens is 3. The van der Waals surface area contributed by atoms with E-state index in [1.807, 2.05) is 30.5 Å². The molecule has 2 aromatic heterocycles. The van der Waals surface area contributed by atoms with E-state index in [1.54, 1.807) is 0 Å². The molecule has 0 amide bonds. The van der Waals surface area contributed by atoms with Crippen molar-refractivity contribution in [2.75, 3.05) is 0 Å². The van der Waals surface area contributed by atoms with E-state index >= 15 is 0 Å². The van der Waals surface area contributed by atoms with Crippen molar-refractivity contribution in [3.05, 3.63) is 56.9 Å². The Morgan fingerprint density at radius 2 is 2.05 bits per heavy atom. The Bertz CT molecular complexity index is 971. The van der Waals surface area contributed by atoms with E-state index in [9.17, 15) is 4.79 Å². The summed E-state index contributed by atoms with van der Waals surface area (Å²) < 4.78 is 0. The minimum Gasteiger partial charge on any atom is -0.361 e. The molecule has 0 saturated heterocycles. The molecule has 4 rings (SSSR count). The first-order valence-corrected chi connectivity index (χ1v) is 6.81. The molecule has 4 heteroatoms. The van der Waals surface area contributed by atoms with Crippen LogP contribution in [0.2, 0.25) is 0 Å². The first-order chi connectivity index (χ1) is 9.74. The summed E-state index contributed by atoms with van der Waals surface area (Å²) in [6.07, 6.45) is 4.98. The summed E-state index contributed by atoms with van der Waals surface area (Å²) in [4.78, 5) is 15.2. The third-order valence-corrected chi connectivity index (χ3v) is 4.02. The van der Waals surface area contributed by atoms with Crippen molar-refractivity contribution < 1.29 is 0 Å². The Hall–Kier alpha value is -2.49. The third-order valence-electron chi connectivity index (χ3n) is 4.02. The van der Waals surface area contributed by atoms with Gasteiger partial charge in [0.25, 0.3) is 5.56 Å². The van der Waals surface area contributed by atoms with Gasteiger partial charge in [0.1, 0.15) is 0 Å². The fourth-order valence-corrected chi connectivity index (χ4v) is 2.75. The van der Waals surface area contributed by atoms with Gasteiger partial charge in [0, 0.05) is 22.7 Å². The lowest BCUT2D eigenvalue weighted by Gasteiger charge is -1.89. The van der Waals surface area contributed by atoms with Crippen LogP contribution >= 0.6 is 0 Å². The lowest BCUT2D eigenvalue weighted by Crippen LogP contribution is -2.33. The number of rotatable bonds is 1. The zero-order valence-corrected chi connectivity index (χ0v) is 11.2. The molecule has 3 aromatic rings. The van der Waals surface area contributed by atoms with Crippen molar-refractivity contribution in [1.82, 2.24) is 15.2 Å². The first-order valence-electron chi connectivity index (χ1n) is 6.81. The van der Waals surface area contributed by atoms with Crippen molar-refractivity contribution in [2.45, 2.75) is 13.3 Å². The molecule has 2 heterocycles. The van der Waals surface area contributed by atoms with Crippen LogP contribution in [0.4, 0.5) is 0 Å². The van der Waals surface area contributed by atoms with E-state index in [0.29, 0.717) is 5.92 Å². The van der Waals surface area contributed by atoms with Gasteiger partial charge in [-0.2, -0.15) is 0 Å². The number of aromatic amines is 3. The molecular formula is C16H15N3O. The second-order valence-electron chi connectivity index (χ2n) is 5.43. The topological polar surface area (TPSA) is 64.4 Å². The molecule has 4 nitrogen and oxygen atoms in total. The van der Waals surface area contributed by atoms with Gasteiger partial charge in [0.15, 0.2) is 0 Å². The zero-order valence-electron chi connectivity index (χ0n) is 11.2. The van der Waals surface area contributed by atoms with E-state index in [-0.39, 0.29) is 5.56 Å². The molecule has 1 saturated carbocycles. The predicted molar refractivity (Wildman–Crippen MR) is 79.7 cm³/mol. The summed E-state index contributed by atoms with van der Waals surface area (Å²) in [5, 5.41) is 8.54. The largest absolute Gasteiger partial charge is 0.361 e. The maximum absolute atomic E-state index is 12.0. The Labute approximate surface area is 114 Å². The molecule has 0 bridgehead atoms. The fourth-order valence-electron chi connectivity index (χ4n) is 2.75. The summed E-state index contributed by atoms with van der Waals surface area (Å²) in [6.45, 7) is 2.18. The second-order valence-corrected chi connectivity index (χ2v) is 5.43. The molecule has 1 aromatic carbocycles. The lowest BCUT2D eigenvalue weighted by atomic mass is 10.1. The molecule has 1 fully saturated rings. The average Bonchev–Trinajstić information content (AvgIpc) is 2.89. The highest BCUT2D eigenvalue weighted by Gasteiger charge is 2.26. The van der Waals surface area contributed by atoms with Gasteiger partial charge < -0.3 is 4.98 Å². The highest BCUT2D eigenvalue weighted by molar-refractivity contribution is 5.88. The van der Waals surface area contributed by atoms with Gasteiger partial charge in [-0.25, -0.2) is 0 Å². The minimum absolute atomic E-state index is 0.0584. The molecule has 0 radical (unpaired) electrons. The van der Waals surface area contributed by atoms with Gasteiger partial charge in [-0.3, -0.25) is 15.0 Å². The quantitative estimate of drug-likeness (QED) is 0.608. The van der Waals surface area contributed by atoms with E-state index in [1.165, 1.54) is 5.57 Å². The lowest BCUT2D eigenvalue weighted by molar-refractivity contribution is 1.01. The smallest absolute Gasteiger partial charge is 0.271 e. The molecule has 20 heavy (non-hydrogen) atoms. The maximum atomic E-state index is 12.0. The number of hydrogen-bond acceptors (Lipinski definition) is 1. The molecule has 1 aliphatic carbocycles. The van der Waals surface area contributed by atoms with Crippen LogP contribution in [-0.4, -0.2) is 15.2 Å². The summed E-state index contributed by atoms with van der Waals surface area (Å²) >= 11 is 0. The second kappa shape index (κ2) is 4.00. The molecule has 1 unspecified atom stereocenters. The van der Waals surface area contributed by atoms with Crippen LogP contribution in [0.5, 0.6) is 0 Å². The first kappa shape index (κ1) is 11.3. The van der Waals surface area contributed by atoms with Gasteiger partial charge in [-0.15, -0.1) is 0 Å². The van der Waals surface area contributed by atoms with E-state index in [2.05, 4.69) is 28.2 Å². The monoisotopic (exact) mass is 265 g/mol. The Morgan fingerprint density at radius 1 is 1.25 bits per heavy atom. The Morgan fingerprint density at radius 3 is 2.85 bits per heavy atom. The normalized spacial score (nSPS) is 21.6. The van der Waals surface area contributed by atoms with Crippen molar-refractivity contribution in [3.8, 4) is 0 Å². The third kappa shape index (κ3) is 1.65. The predicted octanol–water partition coefficient (Wildman–Crippen LogP) is 1.20. The zero-order chi connectivity index (χ0) is 13.7. The summed E-state index contributed by atoms with van der Waals surface area (Å²) in [5.41, 5.74) is 3.40. The Balaban J connectivity index is 2.03. The van der Waals surface area contributed by atoms with Crippen LogP contribution in [0.15, 0.2) is 35.3 Å². The summed E-state index contributed by atoms with van der Waals surface area (Å²) in [5.74, 6) is 0.580. The average molecular weight is 265 g/mol. The summed E-state index contributed by atoms with van der Waals surface area (Å²) in [7, 11) is 0. The van der Waals surface area contributed by atoms with E-state index in [4.69, 9.17) is 0 Å². The fraction of sp³-hybridized carbons (Fsp3) is 0.188. The number of nitrogens with one attached hydrogen (secondary N) is 3. The van der Waals surface area contributed by atoms with E-state index in [0.717, 1.165) is 33.5 Å². The highest BCUT2D eigenvalue weighted by atomic mass is 16.1. The van der Waals surface area contributed by atoms with Crippen LogP contribution in [0.3, 0.4) is 0 Å². The van der Waals surface area contributed by atoms with Gasteiger partial charge in [0.2, 0.25) is 0 Å². The number of aromatic nitrogens is 3. The van der Waals surface area contributed by atoms with Crippen molar-refractivity contribution in [2.24, 2.45) is 5.92 Å². The minimum atomic E-state index is -0.0584. The molecule has 0 spiro atoms. The van der Waals surface area contributed by atoms with Crippen molar-refractivity contribution in [3.63, 3.8) is 0 Å². The number of para-hydroxylation sites is 1. The molecule has 1 aliphatic rings. The van der Waals surface area contributed by atoms with E-state index < -0.39 is 0 Å². The van der Waals surface area contributed by atoms with Gasteiger partial charge in [-0.1, -0.05) is 25.1 Å². The van der Waals surface area contributed by atoms with Crippen LogP contribution in [0.25, 0.3) is 22.6 Å². The van der Waals surface area contributed by atoms with Crippen LogP contribution in [0, 0.1) is 5.92 Å². The molecule has 100 valence electrons. The highest BCUT2D eigenvalue weighted by Crippen LogP contribution is 2.36. The maximum Gasteiger partial charge on any atom is 0.271 e. The van der Waals surface area contributed by atoms with Gasteiger partial charge in [0.05, 0.1) is 10.6 Å². The van der Waals surface area contributed by atoms with Crippen LogP contribution < -0.4 is 16.1 Å². The SMILES string of the molecule is CC1CC1=c1[nH][nH]c(=O)c1=Cc1c[nH]c2ccccc12. The standard InChI is InChI=1S/C16H15N3O/c1-9-6-12(9)15-13(16(20)19-18-15)7-10-8-17-14-5-3-2-4-11(10)14/h2-5,7-9,17-18H,6H2,1H3,(H,19,20). The van der Waals surface area contributed by atoms with Gasteiger partial charge >= 0.3 is 0 Å². The summed E-state index contributed by atoms with van der Waals surface area (Å²) in [6, 6.07) is 8.10. The molecule has 1 atom stereocenters. The van der Waals surface area contributed by atoms with Crippen molar-refractivity contribution in [1.29, 1.82) is 0 Å². The van der Waals surface area contributed by atoms with Crippen molar-refractivity contribution >= 4 is 22.6 Å². The molecular weight excluding hydrogens is 250 g/mol. The van der Waals surface area contributed by atoms with Crippen LogP contribution in [-0.2, 0) is 0 Å². The number of fused-ring (bicyclic) bond motifs is 1. The van der Waals surface area contributed by atoms with Crippen LogP contribution in [0.1, 0.15) is 18.9 Å². The molecule has 0 aliphatic heterocycles. The molecule has 3 N–H and O–H groups in total. The number of benzene rings is 1. The Kier molecular flexibility index (Phi) is 2.27. The number of hydrogen-bond donors (Lipinski definition) is 3.